The predicted molar refractivity (Wildman–Crippen MR) is 91.1 cm³/mol. The van der Waals surface area contributed by atoms with Crippen LogP contribution in [0.4, 0.5) is 4.79 Å². The van der Waals surface area contributed by atoms with Crippen LogP contribution in [0.3, 0.4) is 0 Å². The molecular weight excluding hydrogens is 290 g/mol. The number of nitrogens with zero attached hydrogens (tertiary/aromatic N) is 2. The quantitative estimate of drug-likeness (QED) is 0.904. The molecular formula is C18H29N3O2. The standard InChI is InChI=1S/C18H29N3O2/c1-14(20-13-15-8-5-6-10-19-15)12-16-9-7-11-21(16)17(22)23-18(2,3)4/h5-6,8,10,14,16,20H,7,9,11-13H2,1-4H3. The van der Waals surface area contributed by atoms with Crippen molar-refractivity contribution in [3.63, 3.8) is 0 Å². The molecule has 5 heteroatoms. The van der Waals surface area contributed by atoms with Crippen molar-refractivity contribution in [2.24, 2.45) is 0 Å². The molecule has 1 aromatic heterocycles. The van der Waals surface area contributed by atoms with Gasteiger partial charge in [-0.15, -0.1) is 0 Å². The maximum Gasteiger partial charge on any atom is 0.410 e. The summed E-state index contributed by atoms with van der Waals surface area (Å²) in [6.45, 7) is 9.44. The average Bonchev–Trinajstić information content (AvgIpc) is 2.93. The van der Waals surface area contributed by atoms with Gasteiger partial charge in [0.1, 0.15) is 5.60 Å². The average molecular weight is 319 g/mol. The molecule has 1 fully saturated rings. The number of pyridine rings is 1. The highest BCUT2D eigenvalue weighted by Gasteiger charge is 2.32. The van der Waals surface area contributed by atoms with Crippen LogP contribution in [0.1, 0.15) is 52.7 Å². The molecule has 0 aromatic carbocycles. The van der Waals surface area contributed by atoms with Crippen molar-refractivity contribution in [2.75, 3.05) is 6.54 Å². The second-order valence-corrected chi connectivity index (χ2v) is 7.31. The molecule has 1 aliphatic rings. The molecule has 1 N–H and O–H groups in total. The number of likely N-dealkylation sites (tertiary alicyclic amines) is 1. The van der Waals surface area contributed by atoms with Crippen molar-refractivity contribution in [2.45, 2.75) is 71.2 Å². The van der Waals surface area contributed by atoms with Crippen LogP contribution >= 0.6 is 0 Å². The number of aromatic nitrogens is 1. The lowest BCUT2D eigenvalue weighted by Crippen LogP contribution is -2.42. The lowest BCUT2D eigenvalue weighted by atomic mass is 10.1. The molecule has 23 heavy (non-hydrogen) atoms. The molecule has 0 aliphatic carbocycles. The number of carbonyl (C=O) groups excluding carboxylic acids is 1. The Hall–Kier alpha value is -1.62. The maximum absolute atomic E-state index is 12.3. The Kier molecular flexibility index (Phi) is 5.99. The molecule has 2 atom stereocenters. The summed E-state index contributed by atoms with van der Waals surface area (Å²) in [7, 11) is 0. The van der Waals surface area contributed by atoms with E-state index in [1.165, 1.54) is 0 Å². The van der Waals surface area contributed by atoms with Crippen LogP contribution in [-0.2, 0) is 11.3 Å². The first kappa shape index (κ1) is 17.7. The molecule has 0 radical (unpaired) electrons. The van der Waals surface area contributed by atoms with E-state index in [-0.39, 0.29) is 12.1 Å². The van der Waals surface area contributed by atoms with E-state index in [2.05, 4.69) is 17.2 Å². The molecule has 2 rings (SSSR count). The van der Waals surface area contributed by atoms with E-state index < -0.39 is 5.60 Å². The molecule has 0 saturated carbocycles. The molecule has 1 aliphatic heterocycles. The molecule has 0 spiro atoms. The van der Waals surface area contributed by atoms with Gasteiger partial charge in [-0.2, -0.15) is 0 Å². The van der Waals surface area contributed by atoms with Crippen LogP contribution in [0.5, 0.6) is 0 Å². The van der Waals surface area contributed by atoms with Crippen molar-refractivity contribution in [3.05, 3.63) is 30.1 Å². The minimum absolute atomic E-state index is 0.183. The monoisotopic (exact) mass is 319 g/mol. The summed E-state index contributed by atoms with van der Waals surface area (Å²) in [4.78, 5) is 18.5. The van der Waals surface area contributed by atoms with Crippen molar-refractivity contribution in [1.29, 1.82) is 0 Å². The predicted octanol–water partition coefficient (Wildman–Crippen LogP) is 3.35. The number of nitrogens with one attached hydrogen (secondary N) is 1. The van der Waals surface area contributed by atoms with Gasteiger partial charge >= 0.3 is 6.09 Å². The number of ether oxygens (including phenoxy) is 1. The van der Waals surface area contributed by atoms with Crippen LogP contribution in [0.2, 0.25) is 0 Å². The largest absolute Gasteiger partial charge is 0.444 e. The maximum atomic E-state index is 12.3. The molecule has 1 amide bonds. The van der Waals surface area contributed by atoms with Crippen LogP contribution in [0.25, 0.3) is 0 Å². The number of hydrogen-bond donors (Lipinski definition) is 1. The zero-order chi connectivity index (χ0) is 16.9. The van der Waals surface area contributed by atoms with E-state index in [1.807, 2.05) is 50.1 Å². The molecule has 5 nitrogen and oxygen atoms in total. The highest BCUT2D eigenvalue weighted by Crippen LogP contribution is 2.24. The van der Waals surface area contributed by atoms with E-state index in [0.717, 1.165) is 38.0 Å². The van der Waals surface area contributed by atoms with Crippen LogP contribution in [0.15, 0.2) is 24.4 Å². The number of hydrogen-bond acceptors (Lipinski definition) is 4. The number of amides is 1. The molecule has 2 heterocycles. The first-order valence-electron chi connectivity index (χ1n) is 8.48. The van der Waals surface area contributed by atoms with Gasteiger partial charge in [-0.05, 0) is 59.1 Å². The number of carbonyl (C=O) groups is 1. The van der Waals surface area contributed by atoms with Gasteiger partial charge in [-0.3, -0.25) is 4.98 Å². The number of rotatable bonds is 5. The minimum Gasteiger partial charge on any atom is -0.444 e. The Morgan fingerprint density at radius 3 is 2.91 bits per heavy atom. The highest BCUT2D eigenvalue weighted by molar-refractivity contribution is 5.68. The van der Waals surface area contributed by atoms with E-state index in [4.69, 9.17) is 4.74 Å². The van der Waals surface area contributed by atoms with Gasteiger partial charge in [-0.25, -0.2) is 4.79 Å². The van der Waals surface area contributed by atoms with Gasteiger partial charge in [0, 0.05) is 31.4 Å². The summed E-state index contributed by atoms with van der Waals surface area (Å²) < 4.78 is 5.52. The van der Waals surface area contributed by atoms with Gasteiger partial charge in [0.2, 0.25) is 0 Å². The molecule has 1 aromatic rings. The SMILES string of the molecule is CC(CC1CCCN1C(=O)OC(C)(C)C)NCc1ccccn1. The van der Waals surface area contributed by atoms with Crippen LogP contribution in [0, 0.1) is 0 Å². The Balaban J connectivity index is 1.82. The highest BCUT2D eigenvalue weighted by atomic mass is 16.6. The first-order valence-corrected chi connectivity index (χ1v) is 8.48. The minimum atomic E-state index is -0.437. The second kappa shape index (κ2) is 7.77. The van der Waals surface area contributed by atoms with E-state index in [9.17, 15) is 4.79 Å². The fourth-order valence-electron chi connectivity index (χ4n) is 2.91. The molecule has 128 valence electrons. The van der Waals surface area contributed by atoms with Crippen molar-refractivity contribution < 1.29 is 9.53 Å². The van der Waals surface area contributed by atoms with Crippen molar-refractivity contribution in [3.8, 4) is 0 Å². The third kappa shape index (κ3) is 5.82. The van der Waals surface area contributed by atoms with Gasteiger partial charge in [-0.1, -0.05) is 6.07 Å². The summed E-state index contributed by atoms with van der Waals surface area (Å²) in [6, 6.07) is 6.52. The van der Waals surface area contributed by atoms with Gasteiger partial charge in [0.25, 0.3) is 0 Å². The van der Waals surface area contributed by atoms with E-state index in [0.29, 0.717) is 6.04 Å². The smallest absolute Gasteiger partial charge is 0.410 e. The third-order valence-electron chi connectivity index (χ3n) is 3.99. The zero-order valence-corrected chi connectivity index (χ0v) is 14.7. The van der Waals surface area contributed by atoms with E-state index >= 15 is 0 Å². The second-order valence-electron chi connectivity index (χ2n) is 7.31. The Labute approximate surface area is 139 Å². The van der Waals surface area contributed by atoms with Crippen LogP contribution in [-0.4, -0.2) is 40.2 Å². The first-order chi connectivity index (χ1) is 10.8. The normalized spacial score (nSPS) is 19.7. The van der Waals surface area contributed by atoms with E-state index in [1.54, 1.807) is 0 Å². The van der Waals surface area contributed by atoms with Crippen LogP contribution < -0.4 is 5.32 Å². The lowest BCUT2D eigenvalue weighted by Gasteiger charge is -2.30. The Bertz CT molecular complexity index is 499. The molecule has 2 unspecified atom stereocenters. The van der Waals surface area contributed by atoms with Gasteiger partial charge in [0.15, 0.2) is 0 Å². The summed E-state index contributed by atoms with van der Waals surface area (Å²) in [5.74, 6) is 0. The topological polar surface area (TPSA) is 54.5 Å². The molecule has 0 bridgehead atoms. The lowest BCUT2D eigenvalue weighted by molar-refractivity contribution is 0.0214. The summed E-state index contributed by atoms with van der Waals surface area (Å²) >= 11 is 0. The Morgan fingerprint density at radius 2 is 2.26 bits per heavy atom. The Morgan fingerprint density at radius 1 is 1.48 bits per heavy atom. The summed E-state index contributed by atoms with van der Waals surface area (Å²) in [6.07, 6.45) is 4.66. The fraction of sp³-hybridized carbons (Fsp3) is 0.667. The fourth-order valence-corrected chi connectivity index (χ4v) is 2.91. The summed E-state index contributed by atoms with van der Waals surface area (Å²) in [5.41, 5.74) is 0.599. The van der Waals surface area contributed by atoms with Gasteiger partial charge in [0.05, 0.1) is 5.69 Å². The third-order valence-corrected chi connectivity index (χ3v) is 3.99. The van der Waals surface area contributed by atoms with Crippen molar-refractivity contribution in [1.82, 2.24) is 15.2 Å². The van der Waals surface area contributed by atoms with Crippen molar-refractivity contribution >= 4 is 6.09 Å². The van der Waals surface area contributed by atoms with Gasteiger partial charge < -0.3 is 15.0 Å². The zero-order valence-electron chi connectivity index (χ0n) is 14.7. The summed E-state index contributed by atoms with van der Waals surface area (Å²) in [5, 5.41) is 3.49. The molecule has 1 saturated heterocycles.